The van der Waals surface area contributed by atoms with Crippen molar-refractivity contribution in [3.63, 3.8) is 0 Å². The third-order valence-electron chi connectivity index (χ3n) is 2.39. The number of rotatable bonds is 6. The molecule has 0 amide bonds. The predicted octanol–water partition coefficient (Wildman–Crippen LogP) is 2.54. The number of ether oxygens (including phenoxy) is 2. The molecule has 1 unspecified atom stereocenters. The number of aliphatic hydroxyl groups excluding tert-OH is 1. The first kappa shape index (κ1) is 13.0. The zero-order valence-corrected chi connectivity index (χ0v) is 10.1. The van der Waals surface area contributed by atoms with Gasteiger partial charge in [0.2, 0.25) is 0 Å². The van der Waals surface area contributed by atoms with Gasteiger partial charge in [0.25, 0.3) is 0 Å². The molecule has 0 aliphatic rings. The Balaban J connectivity index is 2.78. The molecule has 0 aliphatic carbocycles. The summed E-state index contributed by atoms with van der Waals surface area (Å²) in [5, 5.41) is 9.84. The third kappa shape index (κ3) is 3.51. The van der Waals surface area contributed by atoms with Crippen molar-refractivity contribution in [1.29, 1.82) is 0 Å². The van der Waals surface area contributed by atoms with Crippen LogP contribution in [0, 0.1) is 0 Å². The van der Waals surface area contributed by atoms with E-state index in [0.29, 0.717) is 13.0 Å². The van der Waals surface area contributed by atoms with Crippen LogP contribution in [0.1, 0.15) is 31.9 Å². The van der Waals surface area contributed by atoms with E-state index < -0.39 is 6.10 Å². The van der Waals surface area contributed by atoms with Crippen LogP contribution in [0.5, 0.6) is 5.75 Å². The van der Waals surface area contributed by atoms with Crippen LogP contribution in [0.2, 0.25) is 0 Å². The van der Waals surface area contributed by atoms with Crippen molar-refractivity contribution in [3.8, 4) is 5.75 Å². The highest BCUT2D eigenvalue weighted by atomic mass is 16.5. The second kappa shape index (κ2) is 6.51. The highest BCUT2D eigenvalue weighted by Crippen LogP contribution is 2.27. The van der Waals surface area contributed by atoms with E-state index >= 15 is 0 Å². The quantitative estimate of drug-likeness (QED) is 0.807. The molecule has 1 aromatic carbocycles. The average Bonchev–Trinajstić information content (AvgIpc) is 2.29. The van der Waals surface area contributed by atoms with Gasteiger partial charge in [0, 0.05) is 12.7 Å². The zero-order chi connectivity index (χ0) is 12.0. The van der Waals surface area contributed by atoms with Crippen LogP contribution >= 0.6 is 0 Å². The van der Waals surface area contributed by atoms with Crippen LogP contribution in [0.3, 0.4) is 0 Å². The summed E-state index contributed by atoms with van der Waals surface area (Å²) in [6.07, 6.45) is 0.195. The molecule has 2 atom stereocenters. The Labute approximate surface area is 97.0 Å². The fourth-order valence-corrected chi connectivity index (χ4v) is 1.57. The maximum atomic E-state index is 9.84. The second-order valence-corrected chi connectivity index (χ2v) is 3.85. The molecule has 3 nitrogen and oxygen atoms in total. The van der Waals surface area contributed by atoms with E-state index in [4.69, 9.17) is 9.47 Å². The first-order valence-electron chi connectivity index (χ1n) is 5.61. The molecule has 0 bridgehead atoms. The summed E-state index contributed by atoms with van der Waals surface area (Å²) >= 11 is 0. The number of hydrogen-bond acceptors (Lipinski definition) is 3. The number of methoxy groups -OCH3 is 1. The summed E-state index contributed by atoms with van der Waals surface area (Å²) in [4.78, 5) is 0. The molecule has 0 aromatic heterocycles. The Morgan fingerprint density at radius 1 is 1.31 bits per heavy atom. The van der Waals surface area contributed by atoms with Gasteiger partial charge in [-0.3, -0.25) is 0 Å². The Kier molecular flexibility index (Phi) is 5.29. The van der Waals surface area contributed by atoms with E-state index in [1.807, 2.05) is 38.1 Å². The number of para-hydroxylation sites is 1. The van der Waals surface area contributed by atoms with Crippen molar-refractivity contribution in [2.75, 3.05) is 13.7 Å². The van der Waals surface area contributed by atoms with E-state index in [-0.39, 0.29) is 6.10 Å². The van der Waals surface area contributed by atoms with Gasteiger partial charge < -0.3 is 14.6 Å². The van der Waals surface area contributed by atoms with Crippen LogP contribution in [0.4, 0.5) is 0 Å². The van der Waals surface area contributed by atoms with Gasteiger partial charge in [-0.05, 0) is 19.4 Å². The molecule has 0 aliphatic heterocycles. The molecule has 90 valence electrons. The van der Waals surface area contributed by atoms with Crippen LogP contribution in [0.15, 0.2) is 24.3 Å². The smallest absolute Gasteiger partial charge is 0.125 e. The fraction of sp³-hybridized carbons (Fsp3) is 0.538. The molecular weight excluding hydrogens is 204 g/mol. The molecule has 1 aromatic rings. The van der Waals surface area contributed by atoms with Gasteiger partial charge in [-0.2, -0.15) is 0 Å². The summed E-state index contributed by atoms with van der Waals surface area (Å²) in [5.41, 5.74) is 0.841. The molecule has 16 heavy (non-hydrogen) atoms. The van der Waals surface area contributed by atoms with Crippen molar-refractivity contribution in [3.05, 3.63) is 29.8 Å². The largest absolute Gasteiger partial charge is 0.488 e. The lowest BCUT2D eigenvalue weighted by Crippen LogP contribution is -2.19. The van der Waals surface area contributed by atoms with Gasteiger partial charge in [0.05, 0.1) is 12.7 Å². The van der Waals surface area contributed by atoms with E-state index in [2.05, 4.69) is 0 Å². The van der Waals surface area contributed by atoms with Gasteiger partial charge in [-0.25, -0.2) is 0 Å². The first-order chi connectivity index (χ1) is 7.69. The molecule has 0 spiro atoms. The van der Waals surface area contributed by atoms with Crippen LogP contribution in [-0.2, 0) is 4.74 Å². The number of benzene rings is 1. The van der Waals surface area contributed by atoms with Crippen LogP contribution < -0.4 is 4.74 Å². The number of aliphatic hydroxyl groups is 1. The van der Waals surface area contributed by atoms with Gasteiger partial charge in [0.15, 0.2) is 0 Å². The van der Waals surface area contributed by atoms with Gasteiger partial charge in [0.1, 0.15) is 11.9 Å². The van der Waals surface area contributed by atoms with Crippen molar-refractivity contribution >= 4 is 0 Å². The van der Waals surface area contributed by atoms with Gasteiger partial charge in [-0.1, -0.05) is 25.1 Å². The Hall–Kier alpha value is -1.06. The maximum Gasteiger partial charge on any atom is 0.125 e. The van der Waals surface area contributed by atoms with E-state index in [1.54, 1.807) is 7.11 Å². The monoisotopic (exact) mass is 224 g/mol. The lowest BCUT2D eigenvalue weighted by Gasteiger charge is -2.18. The molecule has 0 saturated carbocycles. The Bertz CT molecular complexity index is 312. The van der Waals surface area contributed by atoms with E-state index in [9.17, 15) is 5.11 Å². The molecule has 0 radical (unpaired) electrons. The highest BCUT2D eigenvalue weighted by molar-refractivity contribution is 5.35. The zero-order valence-electron chi connectivity index (χ0n) is 10.1. The predicted molar refractivity (Wildman–Crippen MR) is 63.7 cm³/mol. The normalized spacial score (nSPS) is 14.5. The van der Waals surface area contributed by atoms with Gasteiger partial charge >= 0.3 is 0 Å². The fourth-order valence-electron chi connectivity index (χ4n) is 1.57. The summed E-state index contributed by atoms with van der Waals surface area (Å²) < 4.78 is 10.7. The summed E-state index contributed by atoms with van der Waals surface area (Å²) in [6.45, 7) is 4.43. The summed E-state index contributed by atoms with van der Waals surface area (Å²) in [7, 11) is 1.65. The highest BCUT2D eigenvalue weighted by Gasteiger charge is 2.13. The minimum absolute atomic E-state index is 0.0183. The van der Waals surface area contributed by atoms with Crippen LogP contribution in [-0.4, -0.2) is 24.9 Å². The molecule has 0 fully saturated rings. The Morgan fingerprint density at radius 3 is 2.62 bits per heavy atom. The molecule has 3 heteroatoms. The van der Waals surface area contributed by atoms with Crippen molar-refractivity contribution in [2.45, 2.75) is 32.5 Å². The van der Waals surface area contributed by atoms with Crippen molar-refractivity contribution < 1.29 is 14.6 Å². The maximum absolute atomic E-state index is 9.84. The second-order valence-electron chi connectivity index (χ2n) is 3.85. The Morgan fingerprint density at radius 2 is 2.00 bits per heavy atom. The molecule has 1 N–H and O–H groups in total. The topological polar surface area (TPSA) is 38.7 Å². The lowest BCUT2D eigenvalue weighted by atomic mass is 10.1. The van der Waals surface area contributed by atoms with Gasteiger partial charge in [-0.15, -0.1) is 0 Å². The molecule has 1 rings (SSSR count). The standard InChI is InChI=1S/C13H20O3/c1-4-12(14)11-7-5-6-8-13(11)16-10(2)9-15-3/h5-8,10,12,14H,4,9H2,1-3H3/t10?,12-/m0/s1. The SMILES string of the molecule is CC[C@H](O)c1ccccc1OC(C)COC. The molecular formula is C13H20O3. The minimum Gasteiger partial charge on any atom is -0.488 e. The summed E-state index contributed by atoms with van der Waals surface area (Å²) in [6, 6.07) is 7.58. The number of hydrogen-bond donors (Lipinski definition) is 1. The average molecular weight is 224 g/mol. The molecule has 0 heterocycles. The third-order valence-corrected chi connectivity index (χ3v) is 2.39. The van der Waals surface area contributed by atoms with Crippen molar-refractivity contribution in [1.82, 2.24) is 0 Å². The first-order valence-corrected chi connectivity index (χ1v) is 5.61. The van der Waals surface area contributed by atoms with E-state index in [0.717, 1.165) is 11.3 Å². The molecule has 0 saturated heterocycles. The van der Waals surface area contributed by atoms with Crippen molar-refractivity contribution in [2.24, 2.45) is 0 Å². The van der Waals surface area contributed by atoms with Crippen LogP contribution in [0.25, 0.3) is 0 Å². The minimum atomic E-state index is -0.467. The summed E-state index contributed by atoms with van der Waals surface area (Å²) in [5.74, 6) is 0.737. The van der Waals surface area contributed by atoms with E-state index in [1.165, 1.54) is 0 Å². The lowest BCUT2D eigenvalue weighted by molar-refractivity contribution is 0.0876.